The smallest absolute Gasteiger partial charge is 0.0655 e. The van der Waals surface area contributed by atoms with Crippen LogP contribution in [0.2, 0.25) is 0 Å². The third-order valence-electron chi connectivity index (χ3n) is 5.73. The van der Waals surface area contributed by atoms with Crippen molar-refractivity contribution >= 4 is 0 Å². The maximum absolute atomic E-state index is 5.74. The summed E-state index contributed by atoms with van der Waals surface area (Å²) in [6.45, 7) is 0.680. The molecule has 0 aromatic carbocycles. The monoisotopic (exact) mass is 257 g/mol. The fourth-order valence-electron chi connectivity index (χ4n) is 5.36. The van der Waals surface area contributed by atoms with E-state index in [0.29, 0.717) is 12.5 Å². The molecule has 0 radical (unpaired) electrons. The first-order chi connectivity index (χ1) is 9.35. The first kappa shape index (κ1) is 11.8. The Morgan fingerprint density at radius 3 is 2.21 bits per heavy atom. The van der Waals surface area contributed by atoms with E-state index in [1.54, 1.807) is 0 Å². The Morgan fingerprint density at radius 1 is 0.947 bits per heavy atom. The second-order valence-corrected chi connectivity index (χ2v) is 6.88. The van der Waals surface area contributed by atoms with Crippen molar-refractivity contribution in [3.05, 3.63) is 23.8 Å². The summed E-state index contributed by atoms with van der Waals surface area (Å²) in [5.74, 6) is 4.48. The van der Waals surface area contributed by atoms with Crippen LogP contribution in [0.1, 0.15) is 49.4 Å². The van der Waals surface area contributed by atoms with E-state index in [9.17, 15) is 0 Å². The van der Waals surface area contributed by atoms with Crippen LogP contribution in [0.3, 0.4) is 0 Å². The van der Waals surface area contributed by atoms with Crippen molar-refractivity contribution in [1.82, 2.24) is 9.97 Å². The van der Waals surface area contributed by atoms with E-state index < -0.39 is 0 Å². The zero-order valence-corrected chi connectivity index (χ0v) is 11.5. The van der Waals surface area contributed by atoms with Crippen LogP contribution in [0, 0.1) is 23.7 Å². The molecule has 0 amide bonds. The second-order valence-electron chi connectivity index (χ2n) is 6.88. The van der Waals surface area contributed by atoms with Gasteiger partial charge in [0.2, 0.25) is 0 Å². The lowest BCUT2D eigenvalue weighted by atomic mass is 9.51. The van der Waals surface area contributed by atoms with Crippen LogP contribution in [0.15, 0.2) is 12.4 Å². The quantitative estimate of drug-likeness (QED) is 0.905. The van der Waals surface area contributed by atoms with Gasteiger partial charge in [-0.1, -0.05) is 0 Å². The van der Waals surface area contributed by atoms with Crippen LogP contribution in [0.25, 0.3) is 0 Å². The summed E-state index contributed by atoms with van der Waals surface area (Å²) in [5.41, 5.74) is 8.20. The molecule has 4 bridgehead atoms. The van der Waals surface area contributed by atoms with Crippen molar-refractivity contribution in [2.75, 3.05) is 6.54 Å². The van der Waals surface area contributed by atoms with Crippen molar-refractivity contribution in [1.29, 1.82) is 0 Å². The first-order valence-corrected chi connectivity index (χ1v) is 7.85. The molecule has 102 valence electrons. The molecule has 4 aliphatic rings. The molecular weight excluding hydrogens is 234 g/mol. The van der Waals surface area contributed by atoms with Gasteiger partial charge in [0.1, 0.15) is 0 Å². The minimum absolute atomic E-state index is 0.680. The van der Waals surface area contributed by atoms with E-state index in [1.165, 1.54) is 43.5 Å². The molecule has 5 rings (SSSR count). The lowest BCUT2D eigenvalue weighted by molar-refractivity contribution is -0.00460. The Bertz CT molecular complexity index is 443. The van der Waals surface area contributed by atoms with E-state index >= 15 is 0 Å². The molecule has 19 heavy (non-hydrogen) atoms. The predicted octanol–water partition coefficient (Wildman–Crippen LogP) is 2.52. The van der Waals surface area contributed by atoms with Crippen LogP contribution >= 0.6 is 0 Å². The number of hydrogen-bond donors (Lipinski definition) is 1. The normalized spacial score (nSPS) is 39.7. The Hall–Kier alpha value is -0.960. The molecule has 1 heterocycles. The van der Waals surface area contributed by atoms with Gasteiger partial charge in [0.15, 0.2) is 0 Å². The van der Waals surface area contributed by atoms with Gasteiger partial charge in [-0.15, -0.1) is 0 Å². The standard InChI is InChI=1S/C16H23N3/c17-2-1-14-16(19-4-3-18-14)15-12-6-10-5-11(8-12)9-13(15)7-10/h3-4,10-13,15H,1-2,5-9,17H2. The molecule has 0 atom stereocenters. The van der Waals surface area contributed by atoms with Crippen LogP contribution in [0.4, 0.5) is 0 Å². The number of hydrogen-bond acceptors (Lipinski definition) is 3. The molecule has 1 aromatic rings. The first-order valence-electron chi connectivity index (χ1n) is 7.85. The molecule has 2 N–H and O–H groups in total. The zero-order valence-electron chi connectivity index (χ0n) is 11.5. The zero-order chi connectivity index (χ0) is 12.8. The predicted molar refractivity (Wildman–Crippen MR) is 74.6 cm³/mol. The van der Waals surface area contributed by atoms with E-state index in [4.69, 9.17) is 10.7 Å². The van der Waals surface area contributed by atoms with Crippen molar-refractivity contribution in [2.24, 2.45) is 29.4 Å². The largest absolute Gasteiger partial charge is 0.330 e. The highest BCUT2D eigenvalue weighted by Crippen LogP contribution is 2.59. The van der Waals surface area contributed by atoms with E-state index in [0.717, 1.165) is 30.1 Å². The summed E-state index contributed by atoms with van der Waals surface area (Å²) in [6.07, 6.45) is 11.9. The van der Waals surface area contributed by atoms with Gasteiger partial charge in [-0.3, -0.25) is 9.97 Å². The highest BCUT2D eigenvalue weighted by Gasteiger charge is 2.49. The molecule has 3 heteroatoms. The summed E-state index contributed by atoms with van der Waals surface area (Å²) in [5, 5.41) is 0. The van der Waals surface area contributed by atoms with Gasteiger partial charge in [-0.2, -0.15) is 0 Å². The Balaban J connectivity index is 1.69. The molecule has 4 saturated carbocycles. The Labute approximate surface area is 115 Å². The van der Waals surface area contributed by atoms with E-state index in [-0.39, 0.29) is 0 Å². The lowest BCUT2D eigenvalue weighted by Gasteiger charge is -2.54. The second kappa shape index (κ2) is 4.55. The van der Waals surface area contributed by atoms with Gasteiger partial charge in [-0.05, 0) is 62.3 Å². The van der Waals surface area contributed by atoms with Crippen LogP contribution < -0.4 is 5.73 Å². The summed E-state index contributed by atoms with van der Waals surface area (Å²) in [6, 6.07) is 0. The fraction of sp³-hybridized carbons (Fsp3) is 0.750. The van der Waals surface area contributed by atoms with Crippen molar-refractivity contribution < 1.29 is 0 Å². The molecular formula is C16H23N3. The lowest BCUT2D eigenvalue weighted by Crippen LogP contribution is -2.44. The van der Waals surface area contributed by atoms with Gasteiger partial charge in [0, 0.05) is 24.7 Å². The highest BCUT2D eigenvalue weighted by molar-refractivity contribution is 5.22. The van der Waals surface area contributed by atoms with Crippen molar-refractivity contribution in [3.8, 4) is 0 Å². The molecule has 0 spiro atoms. The average molecular weight is 257 g/mol. The van der Waals surface area contributed by atoms with Crippen LogP contribution in [0.5, 0.6) is 0 Å². The number of rotatable bonds is 3. The number of nitrogens with zero attached hydrogens (tertiary/aromatic N) is 2. The van der Waals surface area contributed by atoms with Crippen molar-refractivity contribution in [3.63, 3.8) is 0 Å². The van der Waals surface area contributed by atoms with Gasteiger partial charge in [-0.25, -0.2) is 0 Å². The molecule has 1 aromatic heterocycles. The third-order valence-corrected chi connectivity index (χ3v) is 5.73. The molecule has 0 unspecified atom stereocenters. The molecule has 0 saturated heterocycles. The number of nitrogens with two attached hydrogens (primary N) is 1. The van der Waals surface area contributed by atoms with Gasteiger partial charge < -0.3 is 5.73 Å². The topological polar surface area (TPSA) is 51.8 Å². The summed E-state index contributed by atoms with van der Waals surface area (Å²) >= 11 is 0. The average Bonchev–Trinajstić information content (AvgIpc) is 2.39. The Kier molecular flexibility index (Phi) is 2.83. The minimum Gasteiger partial charge on any atom is -0.330 e. The van der Waals surface area contributed by atoms with Crippen LogP contribution in [-0.2, 0) is 6.42 Å². The highest BCUT2D eigenvalue weighted by atomic mass is 14.8. The van der Waals surface area contributed by atoms with Gasteiger partial charge >= 0.3 is 0 Å². The van der Waals surface area contributed by atoms with E-state index in [2.05, 4.69) is 4.98 Å². The summed E-state index contributed by atoms with van der Waals surface area (Å²) in [7, 11) is 0. The maximum Gasteiger partial charge on any atom is 0.0655 e. The minimum atomic E-state index is 0.680. The van der Waals surface area contributed by atoms with Crippen LogP contribution in [-0.4, -0.2) is 16.5 Å². The molecule has 3 nitrogen and oxygen atoms in total. The third kappa shape index (κ3) is 1.90. The molecule has 0 aliphatic heterocycles. The fourth-order valence-corrected chi connectivity index (χ4v) is 5.36. The Morgan fingerprint density at radius 2 is 1.58 bits per heavy atom. The number of aromatic nitrogens is 2. The van der Waals surface area contributed by atoms with E-state index in [1.807, 2.05) is 12.4 Å². The maximum atomic E-state index is 5.74. The van der Waals surface area contributed by atoms with Crippen molar-refractivity contribution in [2.45, 2.75) is 44.4 Å². The molecule has 4 fully saturated rings. The van der Waals surface area contributed by atoms with Gasteiger partial charge in [0.05, 0.1) is 11.4 Å². The van der Waals surface area contributed by atoms with Gasteiger partial charge in [0.25, 0.3) is 0 Å². The summed E-state index contributed by atoms with van der Waals surface area (Å²) in [4.78, 5) is 9.28. The summed E-state index contributed by atoms with van der Waals surface area (Å²) < 4.78 is 0. The molecule has 4 aliphatic carbocycles. The SMILES string of the molecule is NCCc1nccnc1C1C2CC3CC(C2)CC1C3.